The minimum absolute atomic E-state index is 0.00537. The van der Waals surface area contributed by atoms with E-state index >= 15 is 0 Å². The number of hydrogen-bond donors (Lipinski definition) is 2. The van der Waals surface area contributed by atoms with Gasteiger partial charge in [0.15, 0.2) is 0 Å². The van der Waals surface area contributed by atoms with Crippen molar-refractivity contribution in [1.82, 2.24) is 4.57 Å². The molecule has 15 heavy (non-hydrogen) atoms. The van der Waals surface area contributed by atoms with E-state index in [1.807, 2.05) is 0 Å². The fourth-order valence-electron chi connectivity index (χ4n) is 1.25. The van der Waals surface area contributed by atoms with Crippen LogP contribution in [0.3, 0.4) is 0 Å². The van der Waals surface area contributed by atoms with E-state index in [0.717, 1.165) is 5.56 Å². The minimum atomic E-state index is -1.08. The first-order valence-electron chi connectivity index (χ1n) is 4.56. The van der Waals surface area contributed by atoms with Crippen LogP contribution in [0.5, 0.6) is 0 Å². The van der Waals surface area contributed by atoms with Crippen molar-refractivity contribution in [3.05, 3.63) is 34.2 Å². The summed E-state index contributed by atoms with van der Waals surface area (Å²) >= 11 is 0. The quantitative estimate of drug-likeness (QED) is 0.734. The summed E-state index contributed by atoms with van der Waals surface area (Å²) in [6.45, 7) is 1.80. The molecule has 0 saturated carbocycles. The summed E-state index contributed by atoms with van der Waals surface area (Å²) in [4.78, 5) is 21.7. The molecular weight excluding hydrogens is 198 g/mol. The number of carboxylic acids is 1. The Morgan fingerprint density at radius 1 is 1.60 bits per heavy atom. The second kappa shape index (κ2) is 4.75. The molecule has 0 aromatic carbocycles. The lowest BCUT2D eigenvalue weighted by atomic mass is 10.2. The summed E-state index contributed by atoms with van der Waals surface area (Å²) in [5.74, 6) is -1.08. The van der Waals surface area contributed by atoms with Crippen molar-refractivity contribution >= 4 is 5.97 Å². The van der Waals surface area contributed by atoms with E-state index in [-0.39, 0.29) is 18.5 Å². The topological polar surface area (TPSA) is 79.5 Å². The fourth-order valence-corrected chi connectivity index (χ4v) is 1.25. The monoisotopic (exact) mass is 211 g/mol. The zero-order chi connectivity index (χ0) is 11.4. The first-order valence-corrected chi connectivity index (χ1v) is 4.56. The molecule has 5 nitrogen and oxygen atoms in total. The van der Waals surface area contributed by atoms with Crippen LogP contribution in [0.2, 0.25) is 0 Å². The predicted octanol–water partition coefficient (Wildman–Crippen LogP) is -0.00768. The van der Waals surface area contributed by atoms with Crippen LogP contribution in [0.1, 0.15) is 12.0 Å². The largest absolute Gasteiger partial charge is 0.481 e. The Morgan fingerprint density at radius 2 is 2.27 bits per heavy atom. The smallest absolute Gasteiger partial charge is 0.306 e. The van der Waals surface area contributed by atoms with Gasteiger partial charge in [-0.15, -0.1) is 0 Å². The number of aliphatic hydroxyl groups is 1. The second-order valence-corrected chi connectivity index (χ2v) is 3.45. The van der Waals surface area contributed by atoms with Crippen LogP contribution in [0.4, 0.5) is 0 Å². The molecule has 1 unspecified atom stereocenters. The maximum atomic E-state index is 11.4. The number of aromatic nitrogens is 1. The average molecular weight is 211 g/mol. The van der Waals surface area contributed by atoms with E-state index in [1.165, 1.54) is 10.6 Å². The van der Waals surface area contributed by atoms with E-state index < -0.39 is 12.1 Å². The molecule has 1 rings (SSSR count). The maximum absolute atomic E-state index is 11.4. The molecule has 0 radical (unpaired) electrons. The fraction of sp³-hybridized carbons (Fsp3) is 0.400. The van der Waals surface area contributed by atoms with Crippen LogP contribution in [-0.2, 0) is 11.3 Å². The third kappa shape index (κ3) is 3.55. The predicted molar refractivity (Wildman–Crippen MR) is 53.7 cm³/mol. The standard InChI is InChI=1S/C10H13NO4/c1-7-2-3-11(9(13)4-7)6-8(12)5-10(14)15/h2-4,8,12H,5-6H2,1H3,(H,14,15). The summed E-state index contributed by atoms with van der Waals surface area (Å²) in [6.07, 6.45) is 0.145. The number of pyridine rings is 1. The van der Waals surface area contributed by atoms with Gasteiger partial charge in [-0.3, -0.25) is 9.59 Å². The third-order valence-corrected chi connectivity index (χ3v) is 1.97. The normalized spacial score (nSPS) is 12.4. The number of aliphatic hydroxyl groups excluding tert-OH is 1. The van der Waals surface area contributed by atoms with Gasteiger partial charge in [-0.2, -0.15) is 0 Å². The first-order chi connectivity index (χ1) is 6.99. The van der Waals surface area contributed by atoms with Crippen LogP contribution in [0.25, 0.3) is 0 Å². The molecule has 82 valence electrons. The molecule has 1 heterocycles. The van der Waals surface area contributed by atoms with Crippen LogP contribution >= 0.6 is 0 Å². The molecular formula is C10H13NO4. The maximum Gasteiger partial charge on any atom is 0.306 e. The van der Waals surface area contributed by atoms with E-state index in [4.69, 9.17) is 5.11 Å². The number of rotatable bonds is 4. The van der Waals surface area contributed by atoms with Gasteiger partial charge < -0.3 is 14.8 Å². The molecule has 0 aliphatic heterocycles. The van der Waals surface area contributed by atoms with Crippen molar-refractivity contribution in [3.8, 4) is 0 Å². The van der Waals surface area contributed by atoms with Gasteiger partial charge in [0.25, 0.3) is 5.56 Å². The first kappa shape index (κ1) is 11.5. The molecule has 0 spiro atoms. The van der Waals surface area contributed by atoms with E-state index in [1.54, 1.807) is 19.2 Å². The van der Waals surface area contributed by atoms with Gasteiger partial charge in [0.2, 0.25) is 0 Å². The Labute approximate surface area is 86.6 Å². The molecule has 1 aromatic heterocycles. The van der Waals surface area contributed by atoms with Crippen LogP contribution in [0, 0.1) is 6.92 Å². The van der Waals surface area contributed by atoms with Crippen molar-refractivity contribution in [1.29, 1.82) is 0 Å². The van der Waals surface area contributed by atoms with Gasteiger partial charge in [-0.25, -0.2) is 0 Å². The Hall–Kier alpha value is -1.62. The highest BCUT2D eigenvalue weighted by atomic mass is 16.4. The highest BCUT2D eigenvalue weighted by Gasteiger charge is 2.10. The molecule has 1 aromatic rings. The number of aliphatic carboxylic acids is 1. The molecule has 0 saturated heterocycles. The van der Waals surface area contributed by atoms with Gasteiger partial charge in [-0.1, -0.05) is 0 Å². The summed E-state index contributed by atoms with van der Waals surface area (Å²) in [5, 5.41) is 17.8. The summed E-state index contributed by atoms with van der Waals surface area (Å²) < 4.78 is 1.29. The number of aryl methyl sites for hydroxylation is 1. The van der Waals surface area contributed by atoms with Gasteiger partial charge in [0, 0.05) is 12.3 Å². The number of nitrogens with zero attached hydrogens (tertiary/aromatic N) is 1. The zero-order valence-electron chi connectivity index (χ0n) is 8.38. The summed E-state index contributed by atoms with van der Waals surface area (Å²) in [7, 11) is 0. The van der Waals surface area contributed by atoms with Crippen molar-refractivity contribution in [3.63, 3.8) is 0 Å². The van der Waals surface area contributed by atoms with E-state index in [9.17, 15) is 14.7 Å². The molecule has 0 amide bonds. The van der Waals surface area contributed by atoms with Gasteiger partial charge >= 0.3 is 5.97 Å². The van der Waals surface area contributed by atoms with Crippen LogP contribution in [0.15, 0.2) is 23.1 Å². The molecule has 0 aliphatic carbocycles. The minimum Gasteiger partial charge on any atom is -0.481 e. The summed E-state index contributed by atoms with van der Waals surface area (Å²) in [6, 6.07) is 3.17. The van der Waals surface area contributed by atoms with E-state index in [0.29, 0.717) is 0 Å². The van der Waals surface area contributed by atoms with Crippen LogP contribution in [-0.4, -0.2) is 26.9 Å². The lowest BCUT2D eigenvalue weighted by Crippen LogP contribution is -2.27. The van der Waals surface area contributed by atoms with Crippen molar-refractivity contribution in [2.45, 2.75) is 26.0 Å². The number of hydrogen-bond acceptors (Lipinski definition) is 3. The van der Waals surface area contributed by atoms with Gasteiger partial charge in [0.1, 0.15) is 0 Å². The number of carboxylic acid groups (broad SMARTS) is 1. The third-order valence-electron chi connectivity index (χ3n) is 1.97. The SMILES string of the molecule is Cc1ccn(CC(O)CC(=O)O)c(=O)c1. The lowest BCUT2D eigenvalue weighted by molar-refractivity contribution is -0.139. The Kier molecular flexibility index (Phi) is 3.62. The van der Waals surface area contributed by atoms with Crippen molar-refractivity contribution < 1.29 is 15.0 Å². The molecule has 2 N–H and O–H groups in total. The molecule has 5 heteroatoms. The van der Waals surface area contributed by atoms with Crippen molar-refractivity contribution in [2.24, 2.45) is 0 Å². The average Bonchev–Trinajstić information content (AvgIpc) is 2.08. The lowest BCUT2D eigenvalue weighted by Gasteiger charge is -2.10. The van der Waals surface area contributed by atoms with Crippen molar-refractivity contribution in [2.75, 3.05) is 0 Å². The second-order valence-electron chi connectivity index (χ2n) is 3.45. The molecule has 0 aliphatic rings. The summed E-state index contributed by atoms with van der Waals surface area (Å²) in [5.41, 5.74) is 0.600. The van der Waals surface area contributed by atoms with Crippen LogP contribution < -0.4 is 5.56 Å². The zero-order valence-corrected chi connectivity index (χ0v) is 8.38. The molecule has 1 atom stereocenters. The molecule has 0 fully saturated rings. The molecule has 0 bridgehead atoms. The Morgan fingerprint density at radius 3 is 2.80 bits per heavy atom. The van der Waals surface area contributed by atoms with Gasteiger partial charge in [-0.05, 0) is 18.6 Å². The Bertz CT molecular complexity index is 410. The Balaban J connectivity index is 2.72. The van der Waals surface area contributed by atoms with E-state index in [2.05, 4.69) is 0 Å². The van der Waals surface area contributed by atoms with Gasteiger partial charge in [0.05, 0.1) is 19.1 Å². The highest BCUT2D eigenvalue weighted by Crippen LogP contribution is 1.97. The highest BCUT2D eigenvalue weighted by molar-refractivity contribution is 5.67. The number of carbonyl (C=O) groups is 1.